The number of aliphatic imine (C=N–C) groups is 1. The van der Waals surface area contributed by atoms with Gasteiger partial charge >= 0.3 is 0 Å². The summed E-state index contributed by atoms with van der Waals surface area (Å²) in [5, 5.41) is 4.98. The molecule has 8 heteroatoms. The highest BCUT2D eigenvalue weighted by atomic mass is 32.1. The molecule has 0 spiro atoms. The molecular weight excluding hydrogens is 362 g/mol. The molecule has 0 bridgehead atoms. The summed E-state index contributed by atoms with van der Waals surface area (Å²) in [5.41, 5.74) is 2.30. The van der Waals surface area contributed by atoms with Crippen LogP contribution in [-0.4, -0.2) is 47.0 Å². The SMILES string of the molecule is C=Nc1ccccc1C(=O)N(C)CC(=O)Nc1nc(-c2ccccn2)cs1. The molecule has 3 rings (SSSR count). The van der Waals surface area contributed by atoms with E-state index in [4.69, 9.17) is 0 Å². The van der Waals surface area contributed by atoms with Crippen molar-refractivity contribution in [2.75, 3.05) is 18.9 Å². The third kappa shape index (κ3) is 4.42. The van der Waals surface area contributed by atoms with Crippen LogP contribution >= 0.6 is 11.3 Å². The van der Waals surface area contributed by atoms with Crippen LogP contribution in [0.2, 0.25) is 0 Å². The van der Waals surface area contributed by atoms with Crippen molar-refractivity contribution in [3.8, 4) is 11.4 Å². The van der Waals surface area contributed by atoms with Gasteiger partial charge in [-0.1, -0.05) is 18.2 Å². The van der Waals surface area contributed by atoms with Crippen LogP contribution < -0.4 is 5.32 Å². The van der Waals surface area contributed by atoms with Crippen LogP contribution in [-0.2, 0) is 4.79 Å². The fourth-order valence-corrected chi connectivity index (χ4v) is 3.13. The zero-order chi connectivity index (χ0) is 19.2. The number of anilines is 1. The summed E-state index contributed by atoms with van der Waals surface area (Å²) in [6.07, 6.45) is 1.68. The first-order valence-corrected chi connectivity index (χ1v) is 8.94. The number of hydrogen-bond donors (Lipinski definition) is 1. The summed E-state index contributed by atoms with van der Waals surface area (Å²) in [7, 11) is 1.56. The van der Waals surface area contributed by atoms with E-state index in [9.17, 15) is 9.59 Å². The van der Waals surface area contributed by atoms with Gasteiger partial charge in [-0.05, 0) is 31.0 Å². The number of thiazole rings is 1. The van der Waals surface area contributed by atoms with E-state index in [1.54, 1.807) is 37.5 Å². The van der Waals surface area contributed by atoms with E-state index in [0.717, 1.165) is 5.69 Å². The molecule has 0 fully saturated rings. The lowest BCUT2D eigenvalue weighted by molar-refractivity contribution is -0.116. The number of hydrogen-bond acceptors (Lipinski definition) is 6. The standard InChI is InChI=1S/C19H17N5O2S/c1-20-14-8-4-3-7-13(14)18(26)24(2)11-17(25)23-19-22-16(12-27-19)15-9-5-6-10-21-15/h3-10,12H,1,11H2,2H3,(H,22,23,25). The molecule has 2 amide bonds. The van der Waals surface area contributed by atoms with Gasteiger partial charge in [0.15, 0.2) is 5.13 Å². The van der Waals surface area contributed by atoms with E-state index in [-0.39, 0.29) is 18.4 Å². The van der Waals surface area contributed by atoms with E-state index in [1.165, 1.54) is 16.2 Å². The number of amides is 2. The summed E-state index contributed by atoms with van der Waals surface area (Å²) in [6.45, 7) is 3.36. The molecule has 0 atom stereocenters. The smallest absolute Gasteiger partial charge is 0.256 e. The minimum atomic E-state index is -0.336. The van der Waals surface area contributed by atoms with E-state index in [0.29, 0.717) is 22.1 Å². The van der Waals surface area contributed by atoms with Crippen LogP contribution in [0, 0.1) is 0 Å². The molecule has 0 aliphatic carbocycles. The van der Waals surface area contributed by atoms with Gasteiger partial charge in [-0.15, -0.1) is 11.3 Å². The second-order valence-electron chi connectivity index (χ2n) is 5.64. The van der Waals surface area contributed by atoms with Crippen LogP contribution in [0.25, 0.3) is 11.4 Å². The minimum absolute atomic E-state index is 0.108. The van der Waals surface area contributed by atoms with E-state index < -0.39 is 0 Å². The lowest BCUT2D eigenvalue weighted by Gasteiger charge is -2.17. The van der Waals surface area contributed by atoms with Gasteiger partial charge in [-0.3, -0.25) is 19.6 Å². The minimum Gasteiger partial charge on any atom is -0.332 e. The Morgan fingerprint density at radius 2 is 1.96 bits per heavy atom. The van der Waals surface area contributed by atoms with Crippen molar-refractivity contribution in [3.63, 3.8) is 0 Å². The van der Waals surface area contributed by atoms with E-state index in [2.05, 4.69) is 27.0 Å². The van der Waals surface area contributed by atoms with Gasteiger partial charge in [0.25, 0.3) is 5.91 Å². The lowest BCUT2D eigenvalue weighted by Crippen LogP contribution is -2.34. The number of nitrogens with zero attached hydrogens (tertiary/aromatic N) is 4. The molecule has 0 aliphatic heterocycles. The number of pyridine rings is 1. The quantitative estimate of drug-likeness (QED) is 0.666. The van der Waals surface area contributed by atoms with Crippen molar-refractivity contribution in [2.24, 2.45) is 4.99 Å². The van der Waals surface area contributed by atoms with E-state index >= 15 is 0 Å². The van der Waals surface area contributed by atoms with Gasteiger partial charge in [0.1, 0.15) is 5.69 Å². The molecule has 3 aromatic rings. The summed E-state index contributed by atoms with van der Waals surface area (Å²) < 4.78 is 0. The van der Waals surface area contributed by atoms with Crippen molar-refractivity contribution in [1.82, 2.24) is 14.9 Å². The molecule has 27 heavy (non-hydrogen) atoms. The van der Waals surface area contributed by atoms with Gasteiger partial charge in [-0.25, -0.2) is 4.98 Å². The van der Waals surface area contributed by atoms with Crippen molar-refractivity contribution >= 4 is 40.7 Å². The monoisotopic (exact) mass is 379 g/mol. The number of benzene rings is 1. The molecule has 1 N–H and O–H groups in total. The van der Waals surface area contributed by atoms with Crippen molar-refractivity contribution < 1.29 is 9.59 Å². The molecule has 2 heterocycles. The van der Waals surface area contributed by atoms with Crippen LogP contribution in [0.5, 0.6) is 0 Å². The second-order valence-corrected chi connectivity index (χ2v) is 6.50. The van der Waals surface area contributed by atoms with Crippen LogP contribution in [0.4, 0.5) is 10.8 Å². The topological polar surface area (TPSA) is 87.5 Å². The number of rotatable bonds is 6. The first-order valence-electron chi connectivity index (χ1n) is 8.06. The van der Waals surface area contributed by atoms with Crippen LogP contribution in [0.15, 0.2) is 59.0 Å². The van der Waals surface area contributed by atoms with Crippen molar-refractivity contribution in [3.05, 3.63) is 59.6 Å². The lowest BCUT2D eigenvalue weighted by atomic mass is 10.1. The van der Waals surface area contributed by atoms with Crippen LogP contribution in [0.3, 0.4) is 0 Å². The molecule has 0 saturated heterocycles. The van der Waals surface area contributed by atoms with Gasteiger partial charge in [0.05, 0.1) is 23.5 Å². The zero-order valence-corrected chi connectivity index (χ0v) is 15.4. The van der Waals surface area contributed by atoms with Crippen molar-refractivity contribution in [2.45, 2.75) is 0 Å². The third-order valence-corrected chi connectivity index (χ3v) is 4.47. The number of carbonyl (C=O) groups excluding carboxylic acids is 2. The van der Waals surface area contributed by atoms with Gasteiger partial charge in [0.2, 0.25) is 5.91 Å². The maximum absolute atomic E-state index is 12.5. The molecule has 7 nitrogen and oxygen atoms in total. The largest absolute Gasteiger partial charge is 0.332 e. The Morgan fingerprint density at radius 1 is 1.19 bits per heavy atom. The highest BCUT2D eigenvalue weighted by Crippen LogP contribution is 2.23. The summed E-state index contributed by atoms with van der Waals surface area (Å²) >= 11 is 1.30. The molecule has 1 aromatic carbocycles. The highest BCUT2D eigenvalue weighted by molar-refractivity contribution is 7.14. The normalized spacial score (nSPS) is 10.3. The summed E-state index contributed by atoms with van der Waals surface area (Å²) in [4.78, 5) is 38.6. The Hall–Kier alpha value is -3.39. The Morgan fingerprint density at radius 3 is 2.70 bits per heavy atom. The Bertz CT molecular complexity index is 971. The average molecular weight is 379 g/mol. The molecule has 0 unspecified atom stereocenters. The Labute approximate surface area is 160 Å². The Kier molecular flexibility index (Phi) is 5.68. The first-order chi connectivity index (χ1) is 13.1. The zero-order valence-electron chi connectivity index (χ0n) is 14.6. The molecule has 136 valence electrons. The van der Waals surface area contributed by atoms with E-state index in [1.807, 2.05) is 23.6 Å². The fourth-order valence-electron chi connectivity index (χ4n) is 2.41. The first kappa shape index (κ1) is 18.4. The average Bonchev–Trinajstić information content (AvgIpc) is 3.16. The predicted molar refractivity (Wildman–Crippen MR) is 107 cm³/mol. The predicted octanol–water partition coefficient (Wildman–Crippen LogP) is 3.25. The maximum Gasteiger partial charge on any atom is 0.256 e. The summed E-state index contributed by atoms with van der Waals surface area (Å²) in [6, 6.07) is 12.4. The number of likely N-dealkylation sites (N-methyl/N-ethyl adjacent to an activating group) is 1. The molecule has 0 aliphatic rings. The molecule has 0 saturated carbocycles. The Balaban J connectivity index is 1.63. The summed E-state index contributed by atoms with van der Waals surface area (Å²) in [5.74, 6) is -0.640. The fraction of sp³-hybridized carbons (Fsp3) is 0.105. The molecule has 2 aromatic heterocycles. The number of carbonyl (C=O) groups is 2. The number of nitrogens with one attached hydrogen (secondary N) is 1. The molecular formula is C19H17N5O2S. The van der Waals surface area contributed by atoms with Crippen LogP contribution in [0.1, 0.15) is 10.4 Å². The third-order valence-electron chi connectivity index (χ3n) is 3.71. The second kappa shape index (κ2) is 8.33. The van der Waals surface area contributed by atoms with Gasteiger partial charge in [0, 0.05) is 18.6 Å². The van der Waals surface area contributed by atoms with Crippen molar-refractivity contribution in [1.29, 1.82) is 0 Å². The number of aromatic nitrogens is 2. The number of para-hydroxylation sites is 1. The van der Waals surface area contributed by atoms with Gasteiger partial charge in [-0.2, -0.15) is 0 Å². The maximum atomic E-state index is 12.5. The molecule has 0 radical (unpaired) electrons. The van der Waals surface area contributed by atoms with Gasteiger partial charge < -0.3 is 10.2 Å². The highest BCUT2D eigenvalue weighted by Gasteiger charge is 2.18.